The van der Waals surface area contributed by atoms with E-state index in [1.165, 1.54) is 32.1 Å². The predicted molar refractivity (Wildman–Crippen MR) is 139 cm³/mol. The normalized spacial score (nSPS) is 33.7. The minimum absolute atomic E-state index is 0.229. The van der Waals surface area contributed by atoms with Gasteiger partial charge in [0.05, 0.1) is 5.92 Å². The van der Waals surface area contributed by atoms with Crippen LogP contribution in [0.15, 0.2) is 41.5 Å². The van der Waals surface area contributed by atoms with Gasteiger partial charge in [-0.2, -0.15) is 0 Å². The van der Waals surface area contributed by atoms with Crippen LogP contribution in [0.5, 0.6) is 0 Å². The Bertz CT molecular complexity index is 909. The second-order valence-corrected chi connectivity index (χ2v) is 12.7. The van der Waals surface area contributed by atoms with Crippen LogP contribution in [0.1, 0.15) is 105 Å². The number of rotatable bonds is 7. The Balaban J connectivity index is 1.31. The molecule has 2 fully saturated rings. The molecule has 1 aliphatic heterocycles. The zero-order chi connectivity index (χ0) is 25.3. The number of hydrogen-bond acceptors (Lipinski definition) is 4. The quantitative estimate of drug-likeness (QED) is 0.225. The van der Waals surface area contributed by atoms with Gasteiger partial charge in [-0.3, -0.25) is 4.79 Å². The van der Waals surface area contributed by atoms with Crippen molar-refractivity contribution >= 4 is 5.97 Å². The van der Waals surface area contributed by atoms with Crippen molar-refractivity contribution < 1.29 is 19.3 Å². The molecule has 0 unspecified atom stereocenters. The molecule has 1 saturated carbocycles. The largest absolute Gasteiger partial charge is 0.461 e. The van der Waals surface area contributed by atoms with Crippen LogP contribution in [0.25, 0.3) is 0 Å². The fourth-order valence-corrected chi connectivity index (χ4v) is 7.31. The van der Waals surface area contributed by atoms with Crippen LogP contribution in [0, 0.1) is 22.7 Å². The number of allylic oxidation sites excluding steroid dienone is 2. The summed E-state index contributed by atoms with van der Waals surface area (Å²) in [5.41, 5.74) is 4.71. The lowest BCUT2D eigenvalue weighted by molar-refractivity contribution is -0.411. The standard InChI is InChI=1S/C31H46O4/c1-22-13-14-27-29(3,4)17-10-18-31(27,6)25(22)15-19-30(5)20-16-26(34-35-30)23(2)28(32)33-21-24-11-8-7-9-12-24/h7-9,11-12,23,26-27H,10,13-21H2,1-6H3/t23-,26-,27-,30+,31+/m0/s1. The number of esters is 1. The Morgan fingerprint density at radius 1 is 1.09 bits per heavy atom. The second-order valence-electron chi connectivity index (χ2n) is 12.7. The van der Waals surface area contributed by atoms with Crippen molar-refractivity contribution in [3.05, 3.63) is 47.0 Å². The van der Waals surface area contributed by atoms with Crippen LogP contribution in [-0.2, 0) is 25.9 Å². The summed E-state index contributed by atoms with van der Waals surface area (Å²) < 4.78 is 5.53. The van der Waals surface area contributed by atoms with E-state index in [0.29, 0.717) is 17.4 Å². The first kappa shape index (κ1) is 26.4. The number of hydrogen-bond donors (Lipinski definition) is 0. The number of carbonyl (C=O) groups is 1. The SMILES string of the molecule is CC1=C(CC[C@]2(C)CC[C@@H]([C@H](C)C(=O)OCc3ccccc3)OO2)[C@@]2(C)CCCC(C)(C)[C@@H]2CC1. The van der Waals surface area contributed by atoms with Crippen LogP contribution < -0.4 is 0 Å². The van der Waals surface area contributed by atoms with E-state index in [9.17, 15) is 4.79 Å². The van der Waals surface area contributed by atoms with Gasteiger partial charge >= 0.3 is 5.97 Å². The minimum Gasteiger partial charge on any atom is -0.461 e. The van der Waals surface area contributed by atoms with Crippen LogP contribution >= 0.6 is 0 Å². The second kappa shape index (κ2) is 10.4. The van der Waals surface area contributed by atoms with Gasteiger partial charge in [-0.25, -0.2) is 9.78 Å². The maximum absolute atomic E-state index is 12.6. The zero-order valence-corrected chi connectivity index (χ0v) is 22.8. The molecule has 0 radical (unpaired) electrons. The molecular formula is C31H46O4. The number of ether oxygens (including phenoxy) is 1. The predicted octanol–water partition coefficient (Wildman–Crippen LogP) is 7.96. The van der Waals surface area contributed by atoms with E-state index in [2.05, 4.69) is 34.6 Å². The highest BCUT2D eigenvalue weighted by Crippen LogP contribution is 2.60. The molecule has 4 rings (SSSR count). The molecule has 0 amide bonds. The first-order valence-electron chi connectivity index (χ1n) is 13.8. The van der Waals surface area contributed by atoms with E-state index in [1.807, 2.05) is 37.3 Å². The fraction of sp³-hybridized carbons (Fsp3) is 0.710. The van der Waals surface area contributed by atoms with Crippen molar-refractivity contribution in [2.45, 2.75) is 118 Å². The molecule has 0 bridgehead atoms. The molecule has 2 aliphatic carbocycles. The summed E-state index contributed by atoms with van der Waals surface area (Å²) in [7, 11) is 0. The molecule has 1 aromatic rings. The monoisotopic (exact) mass is 482 g/mol. The van der Waals surface area contributed by atoms with Crippen LogP contribution in [0.3, 0.4) is 0 Å². The van der Waals surface area contributed by atoms with Crippen molar-refractivity contribution in [3.8, 4) is 0 Å². The Morgan fingerprint density at radius 2 is 1.83 bits per heavy atom. The molecule has 0 spiro atoms. The van der Waals surface area contributed by atoms with Gasteiger partial charge < -0.3 is 4.74 Å². The van der Waals surface area contributed by atoms with Gasteiger partial charge in [0.2, 0.25) is 0 Å². The third kappa shape index (κ3) is 5.69. The number of benzene rings is 1. The third-order valence-corrected chi connectivity index (χ3v) is 9.63. The van der Waals surface area contributed by atoms with Crippen molar-refractivity contribution in [3.63, 3.8) is 0 Å². The van der Waals surface area contributed by atoms with Crippen molar-refractivity contribution in [1.82, 2.24) is 0 Å². The van der Waals surface area contributed by atoms with Gasteiger partial charge in [0.1, 0.15) is 18.3 Å². The van der Waals surface area contributed by atoms with Gasteiger partial charge in [0.25, 0.3) is 0 Å². The summed E-state index contributed by atoms with van der Waals surface area (Å²) in [6.45, 7) is 14.2. The summed E-state index contributed by atoms with van der Waals surface area (Å²) in [6.07, 6.45) is 10.0. The lowest BCUT2D eigenvalue weighted by Crippen LogP contribution is -2.46. The Labute approximate surface area is 212 Å². The molecular weight excluding hydrogens is 436 g/mol. The Morgan fingerprint density at radius 3 is 2.51 bits per heavy atom. The molecule has 1 aromatic carbocycles. The lowest BCUT2D eigenvalue weighted by Gasteiger charge is -2.55. The summed E-state index contributed by atoms with van der Waals surface area (Å²) in [5, 5.41) is 0. The topological polar surface area (TPSA) is 44.8 Å². The van der Waals surface area contributed by atoms with Gasteiger partial charge in [-0.05, 0) is 94.4 Å². The minimum atomic E-state index is -0.351. The first-order chi connectivity index (χ1) is 16.5. The lowest BCUT2D eigenvalue weighted by atomic mass is 9.50. The zero-order valence-electron chi connectivity index (χ0n) is 22.8. The summed E-state index contributed by atoms with van der Waals surface area (Å²) >= 11 is 0. The molecule has 1 saturated heterocycles. The van der Waals surface area contributed by atoms with Crippen LogP contribution in [-0.4, -0.2) is 17.7 Å². The van der Waals surface area contributed by atoms with E-state index in [4.69, 9.17) is 14.5 Å². The highest BCUT2D eigenvalue weighted by Gasteiger charge is 2.50. The Kier molecular flexibility index (Phi) is 7.83. The van der Waals surface area contributed by atoms with E-state index < -0.39 is 0 Å². The molecule has 194 valence electrons. The molecule has 35 heavy (non-hydrogen) atoms. The maximum atomic E-state index is 12.6. The van der Waals surface area contributed by atoms with Gasteiger partial charge in [-0.15, -0.1) is 0 Å². The molecule has 3 aliphatic rings. The third-order valence-electron chi connectivity index (χ3n) is 9.63. The molecule has 5 atom stereocenters. The van der Waals surface area contributed by atoms with Crippen molar-refractivity contribution in [2.75, 3.05) is 0 Å². The van der Waals surface area contributed by atoms with Crippen LogP contribution in [0.2, 0.25) is 0 Å². The fourth-order valence-electron chi connectivity index (χ4n) is 7.31. The number of carbonyl (C=O) groups excluding carboxylic acids is 1. The number of fused-ring (bicyclic) bond motifs is 1. The maximum Gasteiger partial charge on any atom is 0.311 e. The molecule has 1 heterocycles. The first-order valence-corrected chi connectivity index (χ1v) is 13.8. The molecule has 0 N–H and O–H groups in total. The highest BCUT2D eigenvalue weighted by molar-refractivity contribution is 5.72. The van der Waals surface area contributed by atoms with E-state index in [1.54, 1.807) is 11.1 Å². The average Bonchev–Trinajstić information content (AvgIpc) is 2.82. The van der Waals surface area contributed by atoms with E-state index in [-0.39, 0.29) is 23.6 Å². The Hall–Kier alpha value is -1.65. The average molecular weight is 483 g/mol. The van der Waals surface area contributed by atoms with E-state index >= 15 is 0 Å². The van der Waals surface area contributed by atoms with Crippen LogP contribution in [0.4, 0.5) is 0 Å². The summed E-state index contributed by atoms with van der Waals surface area (Å²) in [5.74, 6) is 0.189. The molecule has 0 aromatic heterocycles. The molecule has 4 nitrogen and oxygen atoms in total. The van der Waals surface area contributed by atoms with Crippen molar-refractivity contribution in [2.24, 2.45) is 22.7 Å². The van der Waals surface area contributed by atoms with Gasteiger partial charge in [0.15, 0.2) is 0 Å². The molecule has 4 heteroatoms. The summed E-state index contributed by atoms with van der Waals surface area (Å²) in [4.78, 5) is 24.5. The van der Waals surface area contributed by atoms with Crippen molar-refractivity contribution in [1.29, 1.82) is 0 Å². The van der Waals surface area contributed by atoms with E-state index in [0.717, 1.165) is 37.2 Å². The smallest absolute Gasteiger partial charge is 0.311 e. The van der Waals surface area contributed by atoms with Gasteiger partial charge in [-0.1, -0.05) is 68.7 Å². The van der Waals surface area contributed by atoms with Gasteiger partial charge in [0, 0.05) is 0 Å². The summed E-state index contributed by atoms with van der Waals surface area (Å²) in [6, 6.07) is 9.78. The highest BCUT2D eigenvalue weighted by atomic mass is 17.2.